The topological polar surface area (TPSA) is 44.8 Å². The van der Waals surface area contributed by atoms with Crippen LogP contribution in [0.15, 0.2) is 12.2 Å². The molecule has 0 aromatic heterocycles. The van der Waals surface area contributed by atoms with Crippen molar-refractivity contribution in [1.29, 1.82) is 0 Å². The van der Waals surface area contributed by atoms with Gasteiger partial charge in [0.05, 0.1) is 30.8 Å². The molecule has 1 saturated carbocycles. The molecule has 108 valence electrons. The van der Waals surface area contributed by atoms with Gasteiger partial charge >= 0.3 is 5.97 Å². The van der Waals surface area contributed by atoms with Gasteiger partial charge in [0.1, 0.15) is 0 Å². The molecule has 5 atom stereocenters. The van der Waals surface area contributed by atoms with E-state index < -0.39 is 0 Å². The lowest BCUT2D eigenvalue weighted by Gasteiger charge is -2.47. The number of methoxy groups -OCH3 is 2. The van der Waals surface area contributed by atoms with Gasteiger partial charge in [0.2, 0.25) is 0 Å². The second kappa shape index (κ2) is 5.25. The fourth-order valence-corrected chi connectivity index (χ4v) is 3.39. The van der Waals surface area contributed by atoms with Crippen molar-refractivity contribution in [3.63, 3.8) is 0 Å². The van der Waals surface area contributed by atoms with Crippen LogP contribution in [0.4, 0.5) is 0 Å². The molecule has 0 amide bonds. The number of esters is 1. The summed E-state index contributed by atoms with van der Waals surface area (Å²) in [7, 11) is 3.08. The first kappa shape index (κ1) is 14.5. The molecule has 1 heterocycles. The van der Waals surface area contributed by atoms with Gasteiger partial charge in [-0.25, -0.2) is 0 Å². The van der Waals surface area contributed by atoms with Crippen LogP contribution in [0, 0.1) is 17.8 Å². The van der Waals surface area contributed by atoms with Gasteiger partial charge in [-0.15, -0.1) is 0 Å². The molecule has 1 aliphatic carbocycles. The highest BCUT2D eigenvalue weighted by atomic mass is 16.5. The Morgan fingerprint density at radius 3 is 2.63 bits per heavy atom. The van der Waals surface area contributed by atoms with E-state index >= 15 is 0 Å². The van der Waals surface area contributed by atoms with E-state index in [0.717, 1.165) is 6.42 Å². The highest BCUT2D eigenvalue weighted by molar-refractivity contribution is 5.73. The lowest BCUT2D eigenvalue weighted by Crippen LogP contribution is -2.52. The Hall–Kier alpha value is -0.870. The summed E-state index contributed by atoms with van der Waals surface area (Å²) in [6.45, 7) is 6.19. The summed E-state index contributed by atoms with van der Waals surface area (Å²) in [5, 5.41) is 0. The Kier molecular flexibility index (Phi) is 4.02. The average molecular weight is 268 g/mol. The summed E-state index contributed by atoms with van der Waals surface area (Å²) >= 11 is 0. The summed E-state index contributed by atoms with van der Waals surface area (Å²) in [5.41, 5.74) is -0.239. The standard InChI is InChI=1S/C15H24O4/c1-9-10-6-7-15(2,3)19-11(10)8-12(17-4)13(9)14(16)18-5/h6-7,9-13H,8H2,1-5H3. The van der Waals surface area contributed by atoms with Crippen molar-refractivity contribution in [1.82, 2.24) is 0 Å². The molecule has 0 aromatic carbocycles. The summed E-state index contributed by atoms with van der Waals surface area (Å²) < 4.78 is 16.6. The number of hydrogen-bond donors (Lipinski definition) is 0. The Labute approximate surface area is 115 Å². The molecule has 1 fully saturated rings. The minimum atomic E-state index is -0.239. The lowest BCUT2D eigenvalue weighted by molar-refractivity contribution is -0.172. The van der Waals surface area contributed by atoms with Crippen LogP contribution in [0.3, 0.4) is 0 Å². The van der Waals surface area contributed by atoms with E-state index in [1.54, 1.807) is 7.11 Å². The van der Waals surface area contributed by atoms with E-state index in [1.807, 2.05) is 0 Å². The molecule has 0 saturated heterocycles. The third kappa shape index (κ3) is 2.70. The zero-order valence-corrected chi connectivity index (χ0v) is 12.4. The van der Waals surface area contributed by atoms with Crippen molar-refractivity contribution in [2.45, 2.75) is 45.0 Å². The van der Waals surface area contributed by atoms with E-state index in [1.165, 1.54) is 7.11 Å². The molecule has 0 spiro atoms. The smallest absolute Gasteiger partial charge is 0.311 e. The number of rotatable bonds is 2. The van der Waals surface area contributed by atoms with Crippen LogP contribution in [0.5, 0.6) is 0 Å². The molecule has 0 radical (unpaired) electrons. The number of carbonyl (C=O) groups is 1. The maximum Gasteiger partial charge on any atom is 0.311 e. The largest absolute Gasteiger partial charge is 0.469 e. The maximum absolute atomic E-state index is 12.0. The van der Waals surface area contributed by atoms with Crippen molar-refractivity contribution < 1.29 is 19.0 Å². The van der Waals surface area contributed by atoms with Crippen molar-refractivity contribution in [2.24, 2.45) is 17.8 Å². The summed E-state index contributed by atoms with van der Waals surface area (Å²) in [4.78, 5) is 12.0. The van der Waals surface area contributed by atoms with Crippen molar-refractivity contribution in [2.75, 3.05) is 14.2 Å². The van der Waals surface area contributed by atoms with E-state index in [2.05, 4.69) is 32.9 Å². The predicted molar refractivity (Wildman–Crippen MR) is 71.7 cm³/mol. The fraction of sp³-hybridized carbons (Fsp3) is 0.800. The van der Waals surface area contributed by atoms with Gasteiger partial charge < -0.3 is 14.2 Å². The second-order valence-corrected chi connectivity index (χ2v) is 6.11. The zero-order valence-electron chi connectivity index (χ0n) is 12.4. The van der Waals surface area contributed by atoms with Crippen LogP contribution < -0.4 is 0 Å². The number of hydrogen-bond acceptors (Lipinski definition) is 4. The Morgan fingerprint density at radius 2 is 2.05 bits per heavy atom. The third-order valence-electron chi connectivity index (χ3n) is 4.42. The normalized spacial score (nSPS) is 40.6. The first-order chi connectivity index (χ1) is 8.89. The third-order valence-corrected chi connectivity index (χ3v) is 4.42. The Balaban J connectivity index is 2.25. The molecule has 0 aromatic rings. The number of ether oxygens (including phenoxy) is 3. The van der Waals surface area contributed by atoms with Gasteiger partial charge in [-0.3, -0.25) is 4.79 Å². The van der Waals surface area contributed by atoms with Crippen molar-refractivity contribution in [3.05, 3.63) is 12.2 Å². The van der Waals surface area contributed by atoms with Crippen LogP contribution in [0.1, 0.15) is 27.2 Å². The fourth-order valence-electron chi connectivity index (χ4n) is 3.39. The van der Waals surface area contributed by atoms with Gasteiger partial charge in [0.15, 0.2) is 0 Å². The first-order valence-corrected chi connectivity index (χ1v) is 6.87. The first-order valence-electron chi connectivity index (χ1n) is 6.87. The minimum Gasteiger partial charge on any atom is -0.469 e. The summed E-state index contributed by atoms with van der Waals surface area (Å²) in [6.07, 6.45) is 5.00. The zero-order chi connectivity index (χ0) is 14.2. The Morgan fingerprint density at radius 1 is 1.37 bits per heavy atom. The van der Waals surface area contributed by atoms with Crippen LogP contribution in [0.25, 0.3) is 0 Å². The molecule has 0 bridgehead atoms. The average Bonchev–Trinajstić information content (AvgIpc) is 2.36. The van der Waals surface area contributed by atoms with E-state index in [0.29, 0.717) is 0 Å². The molecule has 0 N–H and O–H groups in total. The van der Waals surface area contributed by atoms with E-state index in [4.69, 9.17) is 14.2 Å². The quantitative estimate of drug-likeness (QED) is 0.569. The predicted octanol–water partition coefficient (Wildman–Crippen LogP) is 2.18. The molecule has 2 rings (SSSR count). The number of fused-ring (bicyclic) bond motifs is 1. The summed E-state index contributed by atoms with van der Waals surface area (Å²) in [5.74, 6) is 0.00812. The van der Waals surface area contributed by atoms with Crippen LogP contribution in [-0.4, -0.2) is 38.0 Å². The van der Waals surface area contributed by atoms with E-state index in [9.17, 15) is 4.79 Å². The van der Waals surface area contributed by atoms with Crippen molar-refractivity contribution in [3.8, 4) is 0 Å². The minimum absolute atomic E-state index is 0.112. The molecule has 1 aliphatic heterocycles. The van der Waals surface area contributed by atoms with Crippen LogP contribution in [-0.2, 0) is 19.0 Å². The maximum atomic E-state index is 12.0. The highest BCUT2D eigenvalue weighted by Crippen LogP contribution is 2.43. The van der Waals surface area contributed by atoms with Crippen LogP contribution in [0.2, 0.25) is 0 Å². The van der Waals surface area contributed by atoms with Gasteiger partial charge in [-0.1, -0.05) is 19.1 Å². The highest BCUT2D eigenvalue weighted by Gasteiger charge is 2.48. The van der Waals surface area contributed by atoms with E-state index in [-0.39, 0.29) is 41.5 Å². The summed E-state index contributed by atoms with van der Waals surface area (Å²) in [6, 6.07) is 0. The second-order valence-electron chi connectivity index (χ2n) is 6.11. The van der Waals surface area contributed by atoms with Gasteiger partial charge in [-0.2, -0.15) is 0 Å². The SMILES string of the molecule is COC(=O)C1C(OC)CC2OC(C)(C)C=CC2C1C. The van der Waals surface area contributed by atoms with Gasteiger partial charge in [-0.05, 0) is 19.8 Å². The van der Waals surface area contributed by atoms with Gasteiger partial charge in [0.25, 0.3) is 0 Å². The molecule has 2 aliphatic rings. The molecule has 4 heteroatoms. The molecule has 4 nitrogen and oxygen atoms in total. The molecular weight excluding hydrogens is 244 g/mol. The Bertz CT molecular complexity index is 374. The monoisotopic (exact) mass is 268 g/mol. The molecular formula is C15H24O4. The lowest BCUT2D eigenvalue weighted by atomic mass is 9.68. The van der Waals surface area contributed by atoms with Crippen LogP contribution >= 0.6 is 0 Å². The molecule has 5 unspecified atom stereocenters. The van der Waals surface area contributed by atoms with Gasteiger partial charge in [0, 0.05) is 19.4 Å². The molecule has 19 heavy (non-hydrogen) atoms. The number of carbonyl (C=O) groups excluding carboxylic acids is 1. The van der Waals surface area contributed by atoms with Crippen molar-refractivity contribution >= 4 is 5.97 Å².